The highest BCUT2D eigenvalue weighted by Gasteiger charge is 2.19. The Bertz CT molecular complexity index is 866. The van der Waals surface area contributed by atoms with Crippen LogP contribution in [0.25, 0.3) is 0 Å². The summed E-state index contributed by atoms with van der Waals surface area (Å²) in [5.41, 5.74) is 1.16. The first kappa shape index (κ1) is 19.9. The van der Waals surface area contributed by atoms with Gasteiger partial charge >= 0.3 is 5.69 Å². The highest BCUT2D eigenvalue weighted by atomic mass is 16.6. The third kappa shape index (κ3) is 5.04. The Hall–Kier alpha value is -3.42. The first-order chi connectivity index (χ1) is 12.8. The summed E-state index contributed by atoms with van der Waals surface area (Å²) in [6.07, 6.45) is 0. The fourth-order valence-electron chi connectivity index (χ4n) is 2.42. The number of anilines is 1. The lowest BCUT2D eigenvalue weighted by atomic mass is 10.1. The van der Waals surface area contributed by atoms with Crippen LogP contribution in [0.4, 0.5) is 11.4 Å². The van der Waals surface area contributed by atoms with Crippen molar-refractivity contribution in [3.8, 4) is 5.75 Å². The lowest BCUT2D eigenvalue weighted by Crippen LogP contribution is -2.24. The first-order valence-corrected chi connectivity index (χ1v) is 8.35. The summed E-state index contributed by atoms with van der Waals surface area (Å²) in [4.78, 5) is 36.2. The Labute approximate surface area is 156 Å². The van der Waals surface area contributed by atoms with Crippen molar-refractivity contribution < 1.29 is 19.2 Å². The first-order valence-electron chi connectivity index (χ1n) is 8.35. The van der Waals surface area contributed by atoms with Crippen LogP contribution in [0, 0.1) is 10.1 Å². The molecule has 8 nitrogen and oxygen atoms in total. The summed E-state index contributed by atoms with van der Waals surface area (Å²) in [5.74, 6) is -0.472. The van der Waals surface area contributed by atoms with Gasteiger partial charge in [-0.1, -0.05) is 18.2 Å². The summed E-state index contributed by atoms with van der Waals surface area (Å²) >= 11 is 0. The number of ether oxygens (including phenoxy) is 1. The lowest BCUT2D eigenvalue weighted by Gasteiger charge is -2.18. The van der Waals surface area contributed by atoms with E-state index in [0.717, 1.165) is 5.56 Å². The number of nitrogens with zero attached hydrogens (tertiary/aromatic N) is 2. The second kappa shape index (κ2) is 8.79. The zero-order chi connectivity index (χ0) is 20.0. The topological polar surface area (TPSA) is 102 Å². The van der Waals surface area contributed by atoms with E-state index in [4.69, 9.17) is 4.74 Å². The number of nitro benzene ring substituents is 1. The molecular formula is C19H21N3O5. The molecule has 0 bridgehead atoms. The average Bonchev–Trinajstić information content (AvgIpc) is 2.63. The summed E-state index contributed by atoms with van der Waals surface area (Å²) in [6.45, 7) is 3.79. The molecule has 0 heterocycles. The molecule has 8 heteroatoms. The standard InChI is InChI=1S/C19H21N3O5/c1-4-27-18-10-9-14(11-17(18)22(25)26)19(24)20-16-8-6-5-7-15(16)12-21(3)13(2)23/h5-11H,4,12H2,1-3H3,(H,20,24). The second-order valence-electron chi connectivity index (χ2n) is 5.86. The quantitative estimate of drug-likeness (QED) is 0.595. The monoisotopic (exact) mass is 371 g/mol. The molecule has 27 heavy (non-hydrogen) atoms. The Kier molecular flexibility index (Phi) is 6.48. The average molecular weight is 371 g/mol. The fourth-order valence-corrected chi connectivity index (χ4v) is 2.42. The van der Waals surface area contributed by atoms with E-state index in [2.05, 4.69) is 5.32 Å². The van der Waals surface area contributed by atoms with E-state index >= 15 is 0 Å². The van der Waals surface area contributed by atoms with Gasteiger partial charge in [0.05, 0.1) is 11.5 Å². The third-order valence-corrected chi connectivity index (χ3v) is 3.93. The van der Waals surface area contributed by atoms with E-state index in [-0.39, 0.29) is 29.5 Å². The Morgan fingerprint density at radius 3 is 2.56 bits per heavy atom. The molecule has 1 N–H and O–H groups in total. The van der Waals surface area contributed by atoms with E-state index in [1.807, 2.05) is 0 Å². The molecular weight excluding hydrogens is 350 g/mol. The van der Waals surface area contributed by atoms with E-state index in [0.29, 0.717) is 12.2 Å². The van der Waals surface area contributed by atoms with Gasteiger partial charge in [0.25, 0.3) is 5.91 Å². The maximum Gasteiger partial charge on any atom is 0.311 e. The molecule has 0 aliphatic rings. The van der Waals surface area contributed by atoms with Crippen LogP contribution in [0.5, 0.6) is 5.75 Å². The zero-order valence-corrected chi connectivity index (χ0v) is 15.4. The molecule has 0 saturated heterocycles. The van der Waals surface area contributed by atoms with Crippen LogP contribution < -0.4 is 10.1 Å². The van der Waals surface area contributed by atoms with Crippen molar-refractivity contribution in [3.63, 3.8) is 0 Å². The van der Waals surface area contributed by atoms with E-state index in [1.54, 1.807) is 38.2 Å². The number of hydrogen-bond acceptors (Lipinski definition) is 5. The molecule has 2 amide bonds. The summed E-state index contributed by atoms with van der Waals surface area (Å²) in [6, 6.07) is 11.1. The van der Waals surface area contributed by atoms with Gasteiger partial charge in [-0.05, 0) is 30.7 Å². The van der Waals surface area contributed by atoms with Gasteiger partial charge in [0.2, 0.25) is 5.91 Å². The van der Waals surface area contributed by atoms with Crippen LogP contribution in [0.3, 0.4) is 0 Å². The van der Waals surface area contributed by atoms with Crippen LogP contribution in [0.1, 0.15) is 29.8 Å². The molecule has 0 unspecified atom stereocenters. The van der Waals surface area contributed by atoms with E-state index < -0.39 is 10.8 Å². The molecule has 142 valence electrons. The number of hydrogen-bond donors (Lipinski definition) is 1. The van der Waals surface area contributed by atoms with Crippen molar-refractivity contribution in [1.29, 1.82) is 0 Å². The molecule has 0 aliphatic carbocycles. The summed E-state index contributed by atoms with van der Waals surface area (Å²) < 4.78 is 5.23. The number of amides is 2. The number of carbonyl (C=O) groups is 2. The number of rotatable bonds is 7. The van der Waals surface area contributed by atoms with Gasteiger partial charge in [0.15, 0.2) is 5.75 Å². The van der Waals surface area contributed by atoms with Crippen molar-refractivity contribution in [1.82, 2.24) is 4.90 Å². The number of carbonyl (C=O) groups excluding carboxylic acids is 2. The van der Waals surface area contributed by atoms with Gasteiger partial charge in [0, 0.05) is 37.8 Å². The van der Waals surface area contributed by atoms with Crippen LogP contribution >= 0.6 is 0 Å². The molecule has 0 radical (unpaired) electrons. The largest absolute Gasteiger partial charge is 0.487 e. The normalized spacial score (nSPS) is 10.2. The van der Waals surface area contributed by atoms with Crippen molar-refractivity contribution in [2.75, 3.05) is 19.0 Å². The zero-order valence-electron chi connectivity index (χ0n) is 15.4. The van der Waals surface area contributed by atoms with Gasteiger partial charge < -0.3 is 15.0 Å². The summed E-state index contributed by atoms with van der Waals surface area (Å²) in [7, 11) is 1.66. The number of nitro groups is 1. The molecule has 0 aromatic heterocycles. The van der Waals surface area contributed by atoms with Crippen LogP contribution in [-0.4, -0.2) is 35.3 Å². The molecule has 2 rings (SSSR count). The molecule has 2 aromatic rings. The van der Waals surface area contributed by atoms with E-state index in [9.17, 15) is 19.7 Å². The van der Waals surface area contributed by atoms with Gasteiger partial charge in [-0.15, -0.1) is 0 Å². The second-order valence-corrected chi connectivity index (χ2v) is 5.86. The third-order valence-electron chi connectivity index (χ3n) is 3.93. The van der Waals surface area contributed by atoms with E-state index in [1.165, 1.54) is 30.0 Å². The Morgan fingerprint density at radius 1 is 1.22 bits per heavy atom. The maximum atomic E-state index is 12.6. The fraction of sp³-hybridized carbons (Fsp3) is 0.263. The molecule has 2 aromatic carbocycles. The minimum Gasteiger partial charge on any atom is -0.487 e. The molecule has 0 atom stereocenters. The maximum absolute atomic E-state index is 12.6. The van der Waals surface area contributed by atoms with Crippen LogP contribution in [-0.2, 0) is 11.3 Å². The minimum atomic E-state index is -0.586. The highest BCUT2D eigenvalue weighted by Crippen LogP contribution is 2.28. The molecule has 0 fully saturated rings. The van der Waals surface area contributed by atoms with Crippen molar-refractivity contribution >= 4 is 23.2 Å². The predicted octanol–water partition coefficient (Wildman–Crippen LogP) is 3.22. The van der Waals surface area contributed by atoms with Gasteiger partial charge in [-0.2, -0.15) is 0 Å². The molecule has 0 spiro atoms. The van der Waals surface area contributed by atoms with Crippen molar-refractivity contribution in [3.05, 3.63) is 63.7 Å². The van der Waals surface area contributed by atoms with Crippen molar-refractivity contribution in [2.24, 2.45) is 0 Å². The minimum absolute atomic E-state index is 0.0988. The number of benzene rings is 2. The number of para-hydroxylation sites is 1. The van der Waals surface area contributed by atoms with Crippen molar-refractivity contribution in [2.45, 2.75) is 20.4 Å². The van der Waals surface area contributed by atoms with Crippen LogP contribution in [0.15, 0.2) is 42.5 Å². The Balaban J connectivity index is 2.26. The number of nitrogens with one attached hydrogen (secondary N) is 1. The molecule has 0 aliphatic heterocycles. The predicted molar refractivity (Wildman–Crippen MR) is 101 cm³/mol. The van der Waals surface area contributed by atoms with Gasteiger partial charge in [0.1, 0.15) is 0 Å². The SMILES string of the molecule is CCOc1ccc(C(=O)Nc2ccccc2CN(C)C(C)=O)cc1[N+](=O)[O-]. The van der Waals surface area contributed by atoms with Crippen LogP contribution in [0.2, 0.25) is 0 Å². The van der Waals surface area contributed by atoms with Gasteiger partial charge in [-0.25, -0.2) is 0 Å². The lowest BCUT2D eigenvalue weighted by molar-refractivity contribution is -0.385. The summed E-state index contributed by atoms with van der Waals surface area (Å²) in [5, 5.41) is 14.0. The Morgan fingerprint density at radius 2 is 1.93 bits per heavy atom. The van der Waals surface area contributed by atoms with Gasteiger partial charge in [-0.3, -0.25) is 19.7 Å². The highest BCUT2D eigenvalue weighted by molar-refractivity contribution is 6.05. The smallest absolute Gasteiger partial charge is 0.311 e. The molecule has 0 saturated carbocycles.